The predicted molar refractivity (Wildman–Crippen MR) is 125 cm³/mol. The third-order valence-electron chi connectivity index (χ3n) is 5.57. The molecule has 8 heteroatoms. The van der Waals surface area contributed by atoms with Crippen molar-refractivity contribution in [2.24, 2.45) is 0 Å². The van der Waals surface area contributed by atoms with Crippen LogP contribution in [-0.4, -0.2) is 34.6 Å². The number of nitriles is 1. The lowest BCUT2D eigenvalue weighted by Crippen LogP contribution is -2.30. The molecule has 0 amide bonds. The topological polar surface area (TPSA) is 99.5 Å². The number of rotatable bonds is 5. The van der Waals surface area contributed by atoms with Crippen LogP contribution in [0, 0.1) is 11.3 Å². The average Bonchev–Trinajstić information content (AvgIpc) is 2.77. The monoisotopic (exact) mass is 455 g/mol. The first kappa shape index (κ1) is 23.6. The molecular formula is C24H29N3O4S. The van der Waals surface area contributed by atoms with Gasteiger partial charge in [0, 0.05) is 13.1 Å². The number of hydrogen-bond acceptors (Lipinski definition) is 6. The number of esters is 1. The molecule has 7 nitrogen and oxygen atoms in total. The molecule has 3 rings (SSSR count). The second kappa shape index (κ2) is 9.21. The number of hydrogen-bond donors (Lipinski definition) is 1. The van der Waals surface area contributed by atoms with Gasteiger partial charge in [0.05, 0.1) is 40.6 Å². The fourth-order valence-corrected chi connectivity index (χ4v) is 5.42. The average molecular weight is 456 g/mol. The molecule has 2 aromatic rings. The van der Waals surface area contributed by atoms with Gasteiger partial charge in [0.15, 0.2) is 0 Å². The highest BCUT2D eigenvalue weighted by atomic mass is 32.2. The van der Waals surface area contributed by atoms with E-state index in [-0.39, 0.29) is 10.5 Å². The van der Waals surface area contributed by atoms with E-state index in [9.17, 15) is 18.5 Å². The van der Waals surface area contributed by atoms with E-state index in [1.807, 2.05) is 20.8 Å². The minimum atomic E-state index is -4.07. The van der Waals surface area contributed by atoms with E-state index < -0.39 is 21.4 Å². The Labute approximate surface area is 190 Å². The van der Waals surface area contributed by atoms with Crippen molar-refractivity contribution >= 4 is 27.4 Å². The van der Waals surface area contributed by atoms with Gasteiger partial charge < -0.3 is 9.64 Å². The molecule has 0 saturated carbocycles. The van der Waals surface area contributed by atoms with Gasteiger partial charge >= 0.3 is 5.97 Å². The maximum absolute atomic E-state index is 13.6. The standard InChI is InChI=1S/C24H29N3O4S/c1-24(2,3)19-10-9-18(23(28)31-4)15-22(19)32(29,30)26-20-14-17(16-25)8-11-21(20)27-12-6-5-7-13-27/h8-11,14-15,26H,5-7,12-13H2,1-4H3. The van der Waals surface area contributed by atoms with Crippen LogP contribution < -0.4 is 9.62 Å². The summed E-state index contributed by atoms with van der Waals surface area (Å²) in [5.41, 5.74) is 1.71. The van der Waals surface area contributed by atoms with E-state index in [0.29, 0.717) is 16.8 Å². The minimum Gasteiger partial charge on any atom is -0.465 e. The van der Waals surface area contributed by atoms with Gasteiger partial charge in [0.1, 0.15) is 0 Å². The highest BCUT2D eigenvalue weighted by Gasteiger charge is 2.28. The van der Waals surface area contributed by atoms with Crippen LogP contribution in [0.25, 0.3) is 0 Å². The number of piperidine rings is 1. The number of methoxy groups -OCH3 is 1. The highest BCUT2D eigenvalue weighted by molar-refractivity contribution is 7.92. The molecule has 0 bridgehead atoms. The van der Waals surface area contributed by atoms with Crippen molar-refractivity contribution in [3.05, 3.63) is 53.1 Å². The molecule has 0 aromatic heterocycles. The van der Waals surface area contributed by atoms with Gasteiger partial charge in [0.25, 0.3) is 10.0 Å². The third-order valence-corrected chi connectivity index (χ3v) is 6.97. The summed E-state index contributed by atoms with van der Waals surface area (Å²) >= 11 is 0. The molecule has 0 aliphatic carbocycles. The zero-order valence-electron chi connectivity index (χ0n) is 18.9. The Morgan fingerprint density at radius 3 is 2.38 bits per heavy atom. The molecule has 1 fully saturated rings. The van der Waals surface area contributed by atoms with Crippen LogP contribution in [0.5, 0.6) is 0 Å². The first-order valence-electron chi connectivity index (χ1n) is 10.6. The maximum atomic E-state index is 13.6. The molecule has 1 aliphatic heterocycles. The fourth-order valence-electron chi connectivity index (χ4n) is 3.91. The van der Waals surface area contributed by atoms with Crippen molar-refractivity contribution in [1.82, 2.24) is 0 Å². The summed E-state index contributed by atoms with van der Waals surface area (Å²) in [7, 11) is -2.82. The number of ether oxygens (including phenoxy) is 1. The second-order valence-corrected chi connectivity index (χ2v) is 10.6. The normalized spacial score (nSPS) is 14.5. The van der Waals surface area contributed by atoms with Crippen molar-refractivity contribution < 1.29 is 17.9 Å². The fraction of sp³-hybridized carbons (Fsp3) is 0.417. The summed E-state index contributed by atoms with van der Waals surface area (Å²) in [6.07, 6.45) is 3.20. The van der Waals surface area contributed by atoms with Crippen LogP contribution >= 0.6 is 0 Å². The second-order valence-electron chi connectivity index (χ2n) is 8.95. The van der Waals surface area contributed by atoms with E-state index in [2.05, 4.69) is 15.7 Å². The highest BCUT2D eigenvalue weighted by Crippen LogP contribution is 2.34. The van der Waals surface area contributed by atoms with Crippen molar-refractivity contribution in [2.75, 3.05) is 29.8 Å². The van der Waals surface area contributed by atoms with Crippen molar-refractivity contribution in [3.63, 3.8) is 0 Å². The van der Waals surface area contributed by atoms with Crippen LogP contribution in [0.2, 0.25) is 0 Å². The van der Waals surface area contributed by atoms with Crippen molar-refractivity contribution in [3.8, 4) is 6.07 Å². The first-order valence-corrected chi connectivity index (χ1v) is 12.1. The smallest absolute Gasteiger partial charge is 0.337 e. The summed E-state index contributed by atoms with van der Waals surface area (Å²) in [4.78, 5) is 14.2. The lowest BCUT2D eigenvalue weighted by Gasteiger charge is -2.31. The van der Waals surface area contributed by atoms with Crippen LogP contribution in [0.15, 0.2) is 41.3 Å². The van der Waals surface area contributed by atoms with Crippen LogP contribution in [0.3, 0.4) is 0 Å². The first-order chi connectivity index (χ1) is 15.1. The van der Waals surface area contributed by atoms with Crippen LogP contribution in [0.4, 0.5) is 11.4 Å². The number of benzene rings is 2. The molecule has 1 heterocycles. The number of sulfonamides is 1. The quantitative estimate of drug-likeness (QED) is 0.670. The van der Waals surface area contributed by atoms with E-state index in [1.165, 1.54) is 13.2 Å². The number of carbonyl (C=O) groups excluding carboxylic acids is 1. The van der Waals surface area contributed by atoms with Crippen molar-refractivity contribution in [2.45, 2.75) is 50.3 Å². The van der Waals surface area contributed by atoms with E-state index >= 15 is 0 Å². The van der Waals surface area contributed by atoms with Gasteiger partial charge in [-0.2, -0.15) is 5.26 Å². The van der Waals surface area contributed by atoms with E-state index in [4.69, 9.17) is 4.74 Å². The lowest BCUT2D eigenvalue weighted by molar-refractivity contribution is 0.0600. The zero-order chi connectivity index (χ0) is 23.5. The maximum Gasteiger partial charge on any atom is 0.337 e. The summed E-state index contributed by atoms with van der Waals surface area (Å²) < 4.78 is 34.7. The van der Waals surface area contributed by atoms with Gasteiger partial charge in [-0.3, -0.25) is 4.72 Å². The molecule has 1 saturated heterocycles. The summed E-state index contributed by atoms with van der Waals surface area (Å²) in [5, 5.41) is 9.36. The lowest BCUT2D eigenvalue weighted by atomic mass is 9.86. The molecular weight excluding hydrogens is 426 g/mol. The summed E-state index contributed by atoms with van der Waals surface area (Å²) in [5.74, 6) is -0.609. The van der Waals surface area contributed by atoms with Crippen LogP contribution in [-0.2, 0) is 20.2 Å². The predicted octanol–water partition coefficient (Wildman–Crippen LogP) is 4.43. The SMILES string of the molecule is COC(=O)c1ccc(C(C)(C)C)c(S(=O)(=O)Nc2cc(C#N)ccc2N2CCCCC2)c1. The van der Waals surface area contributed by atoms with E-state index in [1.54, 1.807) is 30.3 Å². The molecule has 0 atom stereocenters. The Kier molecular flexibility index (Phi) is 6.79. The number of anilines is 2. The molecule has 0 spiro atoms. The molecule has 1 N–H and O–H groups in total. The Bertz CT molecular complexity index is 1150. The zero-order valence-corrected chi connectivity index (χ0v) is 19.8. The van der Waals surface area contributed by atoms with E-state index in [0.717, 1.165) is 38.0 Å². The minimum absolute atomic E-state index is 0.0138. The number of carbonyl (C=O) groups is 1. The van der Waals surface area contributed by atoms with Gasteiger partial charge in [-0.25, -0.2) is 13.2 Å². The molecule has 32 heavy (non-hydrogen) atoms. The summed E-state index contributed by atoms with van der Waals surface area (Å²) in [6, 6.07) is 11.7. The Morgan fingerprint density at radius 2 is 1.78 bits per heavy atom. The van der Waals surface area contributed by atoms with Gasteiger partial charge in [-0.05, 0) is 60.6 Å². The molecule has 0 radical (unpaired) electrons. The van der Waals surface area contributed by atoms with Gasteiger partial charge in [-0.15, -0.1) is 0 Å². The molecule has 2 aromatic carbocycles. The Hall–Kier alpha value is -3.05. The summed E-state index contributed by atoms with van der Waals surface area (Å²) in [6.45, 7) is 7.38. The molecule has 1 aliphatic rings. The Balaban J connectivity index is 2.11. The molecule has 170 valence electrons. The van der Waals surface area contributed by atoms with Gasteiger partial charge in [0.2, 0.25) is 0 Å². The molecule has 0 unspecified atom stereocenters. The largest absolute Gasteiger partial charge is 0.465 e. The van der Waals surface area contributed by atoms with Crippen LogP contribution in [0.1, 0.15) is 61.5 Å². The number of nitrogens with zero attached hydrogens (tertiary/aromatic N) is 2. The number of nitrogens with one attached hydrogen (secondary N) is 1. The van der Waals surface area contributed by atoms with Gasteiger partial charge in [-0.1, -0.05) is 26.8 Å². The van der Waals surface area contributed by atoms with Crippen molar-refractivity contribution in [1.29, 1.82) is 5.26 Å². The third kappa shape index (κ3) is 5.05. The Morgan fingerprint density at radius 1 is 1.09 bits per heavy atom.